The average molecular weight is 439 g/mol. The molecule has 0 radical (unpaired) electrons. The van der Waals surface area contributed by atoms with E-state index >= 15 is 0 Å². The maximum absolute atomic E-state index is 14.6. The van der Waals surface area contributed by atoms with Crippen LogP contribution in [0.5, 0.6) is 5.75 Å². The second kappa shape index (κ2) is 8.54. The average Bonchev–Trinajstić information content (AvgIpc) is 3.01. The van der Waals surface area contributed by atoms with Crippen molar-refractivity contribution in [1.29, 1.82) is 5.26 Å². The second-order valence-electron chi connectivity index (χ2n) is 8.17. The predicted octanol–water partition coefficient (Wildman–Crippen LogP) is 3.13. The van der Waals surface area contributed by atoms with Crippen LogP contribution in [0.1, 0.15) is 24.5 Å². The molecule has 0 aliphatic carbocycles. The van der Waals surface area contributed by atoms with Gasteiger partial charge in [0.1, 0.15) is 17.6 Å². The number of carbonyl (C=O) groups excluding carboxylic acids is 1. The Hall–Kier alpha value is -3.54. The van der Waals surface area contributed by atoms with Crippen LogP contribution in [0.25, 0.3) is 0 Å². The minimum absolute atomic E-state index is 0.0367. The summed E-state index contributed by atoms with van der Waals surface area (Å²) in [5.74, 6) is -2.49. The van der Waals surface area contributed by atoms with Crippen LogP contribution >= 0.6 is 0 Å². The van der Waals surface area contributed by atoms with Gasteiger partial charge in [-0.3, -0.25) is 9.78 Å². The van der Waals surface area contributed by atoms with Crippen molar-refractivity contribution in [2.24, 2.45) is 5.92 Å². The molecule has 2 aromatic rings. The van der Waals surface area contributed by atoms with Gasteiger partial charge in [-0.15, -0.1) is 0 Å². The summed E-state index contributed by atoms with van der Waals surface area (Å²) in [6.07, 6.45) is 6.38. The van der Waals surface area contributed by atoms with E-state index in [9.17, 15) is 13.6 Å². The second-order valence-corrected chi connectivity index (χ2v) is 8.17. The maximum Gasteiger partial charge on any atom is 0.293 e. The third-order valence-electron chi connectivity index (χ3n) is 6.11. The molecule has 4 rings (SSSR count). The zero-order valence-corrected chi connectivity index (χ0v) is 17.8. The molecule has 166 valence electrons. The largest absolute Gasteiger partial charge is 0.495 e. The summed E-state index contributed by atoms with van der Waals surface area (Å²) in [7, 11) is 1.38. The van der Waals surface area contributed by atoms with Crippen LogP contribution in [-0.4, -0.2) is 53.1 Å². The van der Waals surface area contributed by atoms with Crippen molar-refractivity contribution in [1.82, 2.24) is 14.9 Å². The minimum atomic E-state index is -3.35. The Morgan fingerprint density at radius 2 is 2.12 bits per heavy atom. The lowest BCUT2D eigenvalue weighted by molar-refractivity contribution is -0.127. The number of allylic oxidation sites excluding steroid dienone is 1. The lowest BCUT2D eigenvalue weighted by Gasteiger charge is -2.42. The predicted molar refractivity (Wildman–Crippen MR) is 113 cm³/mol. The summed E-state index contributed by atoms with van der Waals surface area (Å²) >= 11 is 0. The minimum Gasteiger partial charge on any atom is -0.495 e. The van der Waals surface area contributed by atoms with E-state index in [-0.39, 0.29) is 23.4 Å². The first-order valence-electron chi connectivity index (χ1n) is 10.3. The van der Waals surface area contributed by atoms with Gasteiger partial charge in [0.05, 0.1) is 24.9 Å². The van der Waals surface area contributed by atoms with Crippen molar-refractivity contribution in [3.05, 3.63) is 60.1 Å². The summed E-state index contributed by atoms with van der Waals surface area (Å²) in [4.78, 5) is 24.7. The number of methoxy groups -OCH3 is 1. The quantitative estimate of drug-likeness (QED) is 0.666. The lowest BCUT2D eigenvalue weighted by Crippen LogP contribution is -2.56. The number of rotatable bonds is 5. The number of nitriles is 1. The van der Waals surface area contributed by atoms with E-state index in [0.717, 1.165) is 24.5 Å². The Labute approximate surface area is 184 Å². The number of carbonyl (C=O) groups is 1. The molecular formula is C23H23F2N5O2. The molecule has 2 unspecified atom stereocenters. The molecule has 0 saturated carbocycles. The van der Waals surface area contributed by atoms with Crippen LogP contribution in [-0.2, 0) is 10.7 Å². The van der Waals surface area contributed by atoms with Gasteiger partial charge in [0.2, 0.25) is 5.91 Å². The van der Waals surface area contributed by atoms with Crippen LogP contribution in [0, 0.1) is 17.2 Å². The van der Waals surface area contributed by atoms with Gasteiger partial charge in [0.25, 0.3) is 5.92 Å². The third-order valence-corrected chi connectivity index (χ3v) is 6.11. The van der Waals surface area contributed by atoms with Gasteiger partial charge in [0, 0.05) is 43.2 Å². The van der Waals surface area contributed by atoms with E-state index < -0.39 is 11.8 Å². The molecule has 9 heteroatoms. The van der Waals surface area contributed by atoms with Crippen LogP contribution in [0.15, 0.2) is 48.9 Å². The van der Waals surface area contributed by atoms with Gasteiger partial charge >= 0.3 is 0 Å². The number of alkyl halides is 2. The number of hydrogen-bond donors (Lipinski definition) is 0. The topological polar surface area (TPSA) is 82.4 Å². The molecule has 2 fully saturated rings. The molecule has 2 aliphatic rings. The summed E-state index contributed by atoms with van der Waals surface area (Å²) < 4.78 is 34.1. The maximum atomic E-state index is 14.6. The molecule has 0 aromatic carbocycles. The molecule has 2 bridgehead atoms. The van der Waals surface area contributed by atoms with E-state index in [1.165, 1.54) is 25.6 Å². The Morgan fingerprint density at radius 3 is 2.78 bits per heavy atom. The number of halogens is 2. The number of ether oxygens (including phenoxy) is 1. The summed E-state index contributed by atoms with van der Waals surface area (Å²) in [5, 5.41) is 8.98. The van der Waals surface area contributed by atoms with Crippen LogP contribution in [0.3, 0.4) is 0 Å². The smallest absolute Gasteiger partial charge is 0.293 e. The molecule has 2 aromatic heterocycles. The zero-order chi connectivity index (χ0) is 22.9. The van der Waals surface area contributed by atoms with Gasteiger partial charge in [-0.1, -0.05) is 6.92 Å². The fraction of sp³-hybridized carbons (Fsp3) is 0.391. The number of piperazine rings is 1. The van der Waals surface area contributed by atoms with Crippen LogP contribution in [0.2, 0.25) is 0 Å². The number of aromatic nitrogens is 2. The molecule has 32 heavy (non-hydrogen) atoms. The lowest BCUT2D eigenvalue weighted by atomic mass is 10.0. The molecule has 2 saturated heterocycles. The first kappa shape index (κ1) is 21.7. The molecule has 0 spiro atoms. The first-order valence-corrected chi connectivity index (χ1v) is 10.3. The molecule has 4 heterocycles. The van der Waals surface area contributed by atoms with Crippen molar-refractivity contribution in [2.75, 3.05) is 25.1 Å². The van der Waals surface area contributed by atoms with Gasteiger partial charge in [0.15, 0.2) is 0 Å². The number of nitrogens with zero attached hydrogens (tertiary/aromatic N) is 5. The van der Waals surface area contributed by atoms with Gasteiger partial charge < -0.3 is 14.5 Å². The Bertz CT molecular complexity index is 1070. The Kier molecular flexibility index (Phi) is 5.78. The SMILES string of the molecule is COc1cncc(C(F)(F)/C=C/C(=O)N2CC3C[C@@H](C)C(C2)N3c2ccc(C#N)cn2)c1. The fourth-order valence-electron chi connectivity index (χ4n) is 4.46. The third kappa shape index (κ3) is 4.13. The number of likely N-dealkylation sites (tertiary alicyclic amines) is 1. The van der Waals surface area contributed by atoms with Crippen molar-refractivity contribution < 1.29 is 18.3 Å². The van der Waals surface area contributed by atoms with Crippen LogP contribution < -0.4 is 9.64 Å². The van der Waals surface area contributed by atoms with E-state index in [0.29, 0.717) is 30.6 Å². The summed E-state index contributed by atoms with van der Waals surface area (Å²) in [6.45, 7) is 2.97. The summed E-state index contributed by atoms with van der Waals surface area (Å²) in [5.41, 5.74) is 0.145. The van der Waals surface area contributed by atoms with Gasteiger partial charge in [-0.25, -0.2) is 4.98 Å². The van der Waals surface area contributed by atoms with Gasteiger partial charge in [-0.05, 0) is 36.6 Å². The molecule has 3 atom stereocenters. The van der Waals surface area contributed by atoms with E-state index in [1.54, 1.807) is 11.0 Å². The highest BCUT2D eigenvalue weighted by Gasteiger charge is 2.45. The number of fused-ring (bicyclic) bond motifs is 2. The first-order chi connectivity index (χ1) is 15.3. The number of anilines is 1. The standard InChI is InChI=1S/C23H23F2N5O2/c1-15-7-18-13-29(14-20(15)30(18)21-4-3-16(9-26)10-28-21)22(31)5-6-23(24,25)17-8-19(32-2)12-27-11-17/h3-6,8,10-12,15,18,20H,7,13-14H2,1-2H3/b6-5+/t15-,18?,20?/m1/s1. The molecule has 2 aliphatic heterocycles. The van der Waals surface area contributed by atoms with E-state index in [2.05, 4.69) is 27.9 Å². The highest BCUT2D eigenvalue weighted by Crippen LogP contribution is 2.38. The highest BCUT2D eigenvalue weighted by atomic mass is 19.3. The number of pyridine rings is 2. The number of hydrogen-bond acceptors (Lipinski definition) is 6. The zero-order valence-electron chi connectivity index (χ0n) is 17.8. The highest BCUT2D eigenvalue weighted by molar-refractivity contribution is 5.88. The molecule has 7 nitrogen and oxygen atoms in total. The Morgan fingerprint density at radius 1 is 1.31 bits per heavy atom. The van der Waals surface area contributed by atoms with Gasteiger partial charge in [-0.2, -0.15) is 14.0 Å². The van der Waals surface area contributed by atoms with Crippen molar-refractivity contribution in [3.8, 4) is 11.8 Å². The van der Waals surface area contributed by atoms with E-state index in [1.807, 2.05) is 6.07 Å². The molecule has 0 N–H and O–H groups in total. The van der Waals surface area contributed by atoms with Crippen molar-refractivity contribution in [2.45, 2.75) is 31.4 Å². The Balaban J connectivity index is 1.47. The molecule has 1 amide bonds. The van der Waals surface area contributed by atoms with Crippen molar-refractivity contribution in [3.63, 3.8) is 0 Å². The van der Waals surface area contributed by atoms with Crippen molar-refractivity contribution >= 4 is 11.7 Å². The summed E-state index contributed by atoms with van der Waals surface area (Å²) in [6, 6.07) is 6.88. The normalized spacial score (nSPS) is 22.8. The van der Waals surface area contributed by atoms with Crippen LogP contribution in [0.4, 0.5) is 14.6 Å². The van der Waals surface area contributed by atoms with E-state index in [4.69, 9.17) is 10.00 Å². The number of amides is 1. The monoisotopic (exact) mass is 439 g/mol. The molecular weight excluding hydrogens is 416 g/mol. The fourth-order valence-corrected chi connectivity index (χ4v) is 4.46.